The number of likely N-dealkylation sites (N-methyl/N-ethyl adjacent to an activating group) is 1. The Morgan fingerprint density at radius 1 is 0.427 bits per heavy atom. The van der Waals surface area contributed by atoms with Crippen LogP contribution in [0.4, 0.5) is 0 Å². The van der Waals surface area contributed by atoms with Gasteiger partial charge in [-0.2, -0.15) is 0 Å². The summed E-state index contributed by atoms with van der Waals surface area (Å²) in [4.78, 5) is 37.8. The Morgan fingerprint density at radius 3 is 1.15 bits per heavy atom. The summed E-state index contributed by atoms with van der Waals surface area (Å²) in [6, 6.07) is 0. The molecule has 0 N–H and O–H groups in total. The minimum absolute atomic E-state index is 0.0308. The molecule has 0 rings (SSSR count). The van der Waals surface area contributed by atoms with Gasteiger partial charge in [0.15, 0.2) is 6.10 Å². The number of hydrogen-bond acceptors (Lipinski definition) is 8. The van der Waals surface area contributed by atoms with Crippen LogP contribution in [0.2, 0.25) is 0 Å². The Bertz CT molecular complexity index is 1450. The highest BCUT2D eigenvalue weighted by Crippen LogP contribution is 2.38. The van der Waals surface area contributed by atoms with Crippen molar-refractivity contribution in [2.24, 2.45) is 0 Å². The van der Waals surface area contributed by atoms with Gasteiger partial charge in [0.25, 0.3) is 7.82 Å². The lowest BCUT2D eigenvalue weighted by atomic mass is 10.0. The van der Waals surface area contributed by atoms with E-state index in [-0.39, 0.29) is 32.0 Å². The predicted molar refractivity (Wildman–Crippen MR) is 319 cm³/mol. The van der Waals surface area contributed by atoms with Crippen LogP contribution in [0.15, 0.2) is 60.8 Å². The number of rotatable bonds is 58. The predicted octanol–water partition coefficient (Wildman–Crippen LogP) is 19.2. The maximum atomic E-state index is 12.8. The Labute approximate surface area is 464 Å². The van der Waals surface area contributed by atoms with Gasteiger partial charge in [-0.15, -0.1) is 0 Å². The van der Waals surface area contributed by atoms with Gasteiger partial charge in [0.05, 0.1) is 27.7 Å². The van der Waals surface area contributed by atoms with E-state index in [2.05, 4.69) is 74.6 Å². The number of quaternary nitrogens is 1. The first-order chi connectivity index (χ1) is 36.5. The van der Waals surface area contributed by atoms with E-state index in [1.165, 1.54) is 180 Å². The minimum Gasteiger partial charge on any atom is -0.756 e. The number of carbonyl (C=O) groups is 2. The SMILES string of the molecule is CC/C=C\C/C=C\C/C=C\C/C=C\CCCCCCCCCCCCCCCCCCCCCCCCCCCCC(=O)OC(COC(=O)CCCCCCC/C=C\CCCCC)COP(=O)([O-])OCC[N+](C)(C)C. The fraction of sp³-hybridized carbons (Fsp3) is 0.815. The maximum absolute atomic E-state index is 12.8. The molecule has 0 aliphatic rings. The van der Waals surface area contributed by atoms with Gasteiger partial charge in [-0.1, -0.05) is 261 Å². The number of nitrogens with zero attached hydrogens (tertiary/aromatic N) is 1. The van der Waals surface area contributed by atoms with Crippen molar-refractivity contribution in [3.8, 4) is 0 Å². The molecular weight excluding hydrogens is 954 g/mol. The van der Waals surface area contributed by atoms with E-state index < -0.39 is 26.5 Å². The Morgan fingerprint density at radius 2 is 0.760 bits per heavy atom. The van der Waals surface area contributed by atoms with Crippen molar-refractivity contribution >= 4 is 19.8 Å². The van der Waals surface area contributed by atoms with E-state index in [4.69, 9.17) is 18.5 Å². The summed E-state index contributed by atoms with van der Waals surface area (Å²) in [5, 5.41) is 0. The molecule has 10 heteroatoms. The molecular formula is C65H120NO8P. The molecule has 0 heterocycles. The number of unbranched alkanes of at least 4 members (excludes halogenated alkanes) is 34. The van der Waals surface area contributed by atoms with Crippen molar-refractivity contribution in [3.05, 3.63) is 60.8 Å². The summed E-state index contributed by atoms with van der Waals surface area (Å²) in [5.74, 6) is -0.833. The highest BCUT2D eigenvalue weighted by molar-refractivity contribution is 7.45. The Hall–Kier alpha value is -2.29. The average Bonchev–Trinajstić information content (AvgIpc) is 3.37. The van der Waals surface area contributed by atoms with Gasteiger partial charge in [-0.3, -0.25) is 14.2 Å². The number of allylic oxidation sites excluding steroid dienone is 10. The fourth-order valence-electron chi connectivity index (χ4n) is 8.94. The van der Waals surface area contributed by atoms with Gasteiger partial charge >= 0.3 is 11.9 Å². The molecule has 0 aromatic carbocycles. The van der Waals surface area contributed by atoms with E-state index in [9.17, 15) is 19.0 Å². The normalized spacial score (nSPS) is 13.6. The second-order valence-corrected chi connectivity index (χ2v) is 23.8. The molecule has 0 aromatic heterocycles. The van der Waals surface area contributed by atoms with Crippen molar-refractivity contribution in [1.29, 1.82) is 0 Å². The van der Waals surface area contributed by atoms with Gasteiger partial charge in [0, 0.05) is 12.8 Å². The summed E-state index contributed by atoms with van der Waals surface area (Å²) in [5.41, 5.74) is 0. The third-order valence-electron chi connectivity index (χ3n) is 13.8. The van der Waals surface area contributed by atoms with Crippen LogP contribution in [0.3, 0.4) is 0 Å². The second-order valence-electron chi connectivity index (χ2n) is 22.4. The van der Waals surface area contributed by atoms with E-state index >= 15 is 0 Å². The third kappa shape index (κ3) is 60.8. The first-order valence-corrected chi connectivity index (χ1v) is 33.0. The molecule has 0 saturated carbocycles. The highest BCUT2D eigenvalue weighted by Gasteiger charge is 2.22. The van der Waals surface area contributed by atoms with Crippen LogP contribution in [0.5, 0.6) is 0 Å². The van der Waals surface area contributed by atoms with Gasteiger partial charge in [0.2, 0.25) is 0 Å². The van der Waals surface area contributed by atoms with Crippen molar-refractivity contribution in [1.82, 2.24) is 0 Å². The highest BCUT2D eigenvalue weighted by atomic mass is 31.2. The number of hydrogen-bond donors (Lipinski definition) is 0. The quantitative estimate of drug-likeness (QED) is 0.0195. The summed E-state index contributed by atoms with van der Waals surface area (Å²) < 4.78 is 34.1. The zero-order valence-electron chi connectivity index (χ0n) is 49.7. The maximum Gasteiger partial charge on any atom is 0.306 e. The number of phosphoric acid groups is 1. The second kappa shape index (κ2) is 56.4. The molecule has 0 fully saturated rings. The van der Waals surface area contributed by atoms with Crippen LogP contribution in [-0.2, 0) is 32.7 Å². The smallest absolute Gasteiger partial charge is 0.306 e. The molecule has 0 aliphatic heterocycles. The van der Waals surface area contributed by atoms with Gasteiger partial charge in [0.1, 0.15) is 19.8 Å². The Kier molecular flexibility index (Phi) is 54.7. The minimum atomic E-state index is -4.63. The molecule has 0 saturated heterocycles. The first kappa shape index (κ1) is 72.7. The lowest BCUT2D eigenvalue weighted by Gasteiger charge is -2.28. The van der Waals surface area contributed by atoms with Crippen LogP contribution < -0.4 is 4.89 Å². The lowest BCUT2D eigenvalue weighted by Crippen LogP contribution is -2.37. The van der Waals surface area contributed by atoms with Crippen LogP contribution in [0.1, 0.15) is 290 Å². The summed E-state index contributed by atoms with van der Waals surface area (Å²) in [6.07, 6.45) is 73.2. The molecule has 0 amide bonds. The number of carbonyl (C=O) groups excluding carboxylic acids is 2. The molecule has 75 heavy (non-hydrogen) atoms. The largest absolute Gasteiger partial charge is 0.756 e. The average molecular weight is 1070 g/mol. The van der Waals surface area contributed by atoms with Gasteiger partial charge in [-0.25, -0.2) is 0 Å². The van der Waals surface area contributed by atoms with Gasteiger partial charge in [-0.05, 0) is 77.0 Å². The summed E-state index contributed by atoms with van der Waals surface area (Å²) in [6.45, 7) is 4.11. The zero-order valence-corrected chi connectivity index (χ0v) is 50.6. The van der Waals surface area contributed by atoms with Crippen molar-refractivity contribution in [3.63, 3.8) is 0 Å². The third-order valence-corrected chi connectivity index (χ3v) is 14.7. The van der Waals surface area contributed by atoms with Crippen LogP contribution in [0.25, 0.3) is 0 Å². The Balaban J connectivity index is 3.86. The van der Waals surface area contributed by atoms with E-state index in [1.54, 1.807) is 0 Å². The summed E-state index contributed by atoms with van der Waals surface area (Å²) in [7, 11) is 1.17. The number of ether oxygens (including phenoxy) is 2. The molecule has 0 bridgehead atoms. The molecule has 2 unspecified atom stereocenters. The zero-order chi connectivity index (χ0) is 54.9. The lowest BCUT2D eigenvalue weighted by molar-refractivity contribution is -0.870. The van der Waals surface area contributed by atoms with Crippen LogP contribution >= 0.6 is 7.82 Å². The van der Waals surface area contributed by atoms with Crippen molar-refractivity contribution < 1.29 is 42.1 Å². The first-order valence-electron chi connectivity index (χ1n) is 31.5. The van der Waals surface area contributed by atoms with E-state index in [1.807, 2.05) is 21.1 Å². The number of esters is 2. The van der Waals surface area contributed by atoms with Crippen molar-refractivity contribution in [2.75, 3.05) is 47.5 Å². The molecule has 9 nitrogen and oxygen atoms in total. The number of phosphoric ester groups is 1. The topological polar surface area (TPSA) is 111 Å². The van der Waals surface area contributed by atoms with E-state index in [0.29, 0.717) is 17.4 Å². The van der Waals surface area contributed by atoms with Gasteiger partial charge < -0.3 is 27.9 Å². The molecule has 2 atom stereocenters. The molecule has 0 aliphatic carbocycles. The van der Waals surface area contributed by atoms with Crippen LogP contribution in [-0.4, -0.2) is 70.0 Å². The summed E-state index contributed by atoms with van der Waals surface area (Å²) >= 11 is 0. The molecule has 438 valence electrons. The van der Waals surface area contributed by atoms with Crippen LogP contribution in [0, 0.1) is 0 Å². The monoisotopic (exact) mass is 1070 g/mol. The fourth-order valence-corrected chi connectivity index (χ4v) is 9.67. The van der Waals surface area contributed by atoms with E-state index in [0.717, 1.165) is 77.0 Å². The molecule has 0 aromatic rings. The molecule has 0 spiro atoms. The standard InChI is InChI=1S/C65H120NO8P/c1-6-8-10-12-14-16-18-20-21-22-23-24-25-26-27-28-29-30-31-32-33-34-35-36-37-38-39-40-41-42-43-44-45-46-48-50-52-54-56-58-65(68)74-63(62-73-75(69,70)72-60-59-66(3,4)5)61-71-64(67)57-55-53-51-49-47-19-17-15-13-11-9-7-2/h8,10,14-17,20-21,23-24,63H,6-7,9,11-13,18-19,22,25-62H2,1-5H3/b10-8-,16-14-,17-15-,21-20-,24-23-. The molecule has 0 radical (unpaired) electrons. The van der Waals surface area contributed by atoms with Crippen molar-refractivity contribution in [2.45, 2.75) is 296 Å².